The lowest BCUT2D eigenvalue weighted by Crippen LogP contribution is -2.40. The van der Waals surface area contributed by atoms with Crippen LogP contribution in [0.1, 0.15) is 54.7 Å². The first-order chi connectivity index (χ1) is 14.0. The van der Waals surface area contributed by atoms with E-state index >= 15 is 0 Å². The second-order valence-electron chi connectivity index (χ2n) is 8.34. The van der Waals surface area contributed by atoms with Crippen molar-refractivity contribution >= 4 is 33.1 Å². The summed E-state index contributed by atoms with van der Waals surface area (Å²) in [6, 6.07) is 14.6. The van der Waals surface area contributed by atoms with Gasteiger partial charge in [0, 0.05) is 18.2 Å². The molecule has 0 radical (unpaired) electrons. The van der Waals surface area contributed by atoms with Gasteiger partial charge in [-0.25, -0.2) is 4.98 Å². The Morgan fingerprint density at radius 1 is 1.24 bits per heavy atom. The van der Waals surface area contributed by atoms with E-state index in [9.17, 15) is 4.79 Å². The fourth-order valence-electron chi connectivity index (χ4n) is 4.19. The van der Waals surface area contributed by atoms with Gasteiger partial charge in [-0.1, -0.05) is 44.2 Å². The maximum absolute atomic E-state index is 12.8. The molecular weight excluding hydrogens is 378 g/mol. The van der Waals surface area contributed by atoms with Gasteiger partial charge in [0.15, 0.2) is 0 Å². The Morgan fingerprint density at radius 3 is 2.86 bits per heavy atom. The van der Waals surface area contributed by atoms with E-state index in [1.807, 2.05) is 6.07 Å². The van der Waals surface area contributed by atoms with Gasteiger partial charge in [0.05, 0.1) is 21.8 Å². The molecule has 152 valence electrons. The second kappa shape index (κ2) is 8.64. The number of para-hydroxylation sites is 2. The summed E-state index contributed by atoms with van der Waals surface area (Å²) < 4.78 is 1.25. The monoisotopic (exact) mass is 407 g/mol. The van der Waals surface area contributed by atoms with Crippen molar-refractivity contribution in [3.63, 3.8) is 0 Å². The molecule has 1 aliphatic rings. The summed E-state index contributed by atoms with van der Waals surface area (Å²) in [5, 5.41) is 4.40. The summed E-state index contributed by atoms with van der Waals surface area (Å²) in [7, 11) is 0. The first kappa shape index (κ1) is 20.0. The van der Waals surface area contributed by atoms with Crippen LogP contribution in [0.5, 0.6) is 0 Å². The fraction of sp³-hybridized carbons (Fsp3) is 0.417. The Labute approximate surface area is 177 Å². The quantitative estimate of drug-likeness (QED) is 0.603. The van der Waals surface area contributed by atoms with Gasteiger partial charge in [0.2, 0.25) is 5.91 Å². The van der Waals surface area contributed by atoms with Gasteiger partial charge in [-0.3, -0.25) is 9.69 Å². The van der Waals surface area contributed by atoms with Crippen molar-refractivity contribution in [2.24, 2.45) is 0 Å². The number of piperidine rings is 1. The molecule has 2 aromatic carbocycles. The van der Waals surface area contributed by atoms with Gasteiger partial charge in [-0.15, -0.1) is 11.3 Å². The van der Waals surface area contributed by atoms with Crippen LogP contribution in [0, 0.1) is 6.92 Å². The molecule has 0 saturated carbocycles. The Morgan fingerprint density at radius 2 is 2.07 bits per heavy atom. The molecule has 4 rings (SSSR count). The topological polar surface area (TPSA) is 45.2 Å². The molecule has 0 spiro atoms. The van der Waals surface area contributed by atoms with Gasteiger partial charge in [0.1, 0.15) is 0 Å². The van der Waals surface area contributed by atoms with Gasteiger partial charge in [-0.05, 0) is 55.5 Å². The number of benzene rings is 2. The fourth-order valence-corrected chi connectivity index (χ4v) is 5.28. The molecule has 1 fully saturated rings. The van der Waals surface area contributed by atoms with Crippen LogP contribution in [0.3, 0.4) is 0 Å². The molecular formula is C24H29N3OS. The van der Waals surface area contributed by atoms with E-state index in [2.05, 4.69) is 67.4 Å². The lowest BCUT2D eigenvalue weighted by Gasteiger charge is -2.31. The van der Waals surface area contributed by atoms with Crippen molar-refractivity contribution in [1.82, 2.24) is 9.88 Å². The number of nitrogens with zero attached hydrogens (tertiary/aromatic N) is 2. The molecule has 5 heteroatoms. The van der Waals surface area contributed by atoms with Crippen molar-refractivity contribution in [1.29, 1.82) is 0 Å². The van der Waals surface area contributed by atoms with Crippen molar-refractivity contribution < 1.29 is 4.79 Å². The van der Waals surface area contributed by atoms with Crippen LogP contribution in [0.15, 0.2) is 42.5 Å². The number of carbonyl (C=O) groups excluding carboxylic acids is 1. The molecule has 2 heterocycles. The molecule has 1 aromatic heterocycles. The van der Waals surface area contributed by atoms with Crippen LogP contribution in [-0.4, -0.2) is 35.4 Å². The largest absolute Gasteiger partial charge is 0.324 e. The zero-order chi connectivity index (χ0) is 20.4. The van der Waals surface area contributed by atoms with Crippen LogP contribution in [0.2, 0.25) is 0 Å². The average molecular weight is 408 g/mol. The van der Waals surface area contributed by atoms with Gasteiger partial charge in [-0.2, -0.15) is 0 Å². The van der Waals surface area contributed by atoms with Crippen LogP contribution in [0.4, 0.5) is 5.69 Å². The highest BCUT2D eigenvalue weighted by Gasteiger charge is 2.25. The summed E-state index contributed by atoms with van der Waals surface area (Å²) in [6.07, 6.45) is 2.25. The molecule has 0 unspecified atom stereocenters. The number of aromatic nitrogens is 1. The molecule has 1 aliphatic heterocycles. The Hall–Kier alpha value is -2.24. The minimum atomic E-state index is 0.0751. The first-order valence-electron chi connectivity index (χ1n) is 10.5. The number of fused-ring (bicyclic) bond motifs is 1. The van der Waals surface area contributed by atoms with E-state index < -0.39 is 0 Å². The number of hydrogen-bond acceptors (Lipinski definition) is 4. The summed E-state index contributed by atoms with van der Waals surface area (Å²) in [5.41, 5.74) is 4.38. The second-order valence-corrected chi connectivity index (χ2v) is 9.40. The molecule has 1 atom stereocenters. The third kappa shape index (κ3) is 4.51. The number of rotatable bonds is 5. The first-order valence-corrected chi connectivity index (χ1v) is 11.3. The predicted molar refractivity (Wildman–Crippen MR) is 122 cm³/mol. The third-order valence-corrected chi connectivity index (χ3v) is 6.92. The third-order valence-electron chi connectivity index (χ3n) is 5.72. The highest BCUT2D eigenvalue weighted by atomic mass is 32.1. The van der Waals surface area contributed by atoms with Gasteiger partial charge >= 0.3 is 0 Å². The smallest absolute Gasteiger partial charge is 0.238 e. The van der Waals surface area contributed by atoms with Crippen molar-refractivity contribution in [3.05, 3.63) is 58.6 Å². The molecule has 29 heavy (non-hydrogen) atoms. The normalized spacial score (nSPS) is 17.7. The molecule has 1 N–H and O–H groups in total. The van der Waals surface area contributed by atoms with E-state index in [1.165, 1.54) is 15.3 Å². The lowest BCUT2D eigenvalue weighted by atomic mass is 9.98. The molecule has 1 saturated heterocycles. The zero-order valence-corrected chi connectivity index (χ0v) is 18.3. The lowest BCUT2D eigenvalue weighted by molar-refractivity contribution is -0.117. The number of anilines is 1. The number of likely N-dealkylation sites (tertiary alicyclic amines) is 1. The van der Waals surface area contributed by atoms with E-state index in [0.717, 1.165) is 42.7 Å². The Bertz CT molecular complexity index is 977. The van der Waals surface area contributed by atoms with Gasteiger partial charge in [0.25, 0.3) is 0 Å². The Kier molecular flexibility index (Phi) is 5.97. The number of amides is 1. The van der Waals surface area contributed by atoms with E-state index in [-0.39, 0.29) is 5.91 Å². The van der Waals surface area contributed by atoms with Crippen molar-refractivity contribution in [2.75, 3.05) is 25.0 Å². The number of thiazole rings is 1. The zero-order valence-electron chi connectivity index (χ0n) is 17.4. The average Bonchev–Trinajstić information content (AvgIpc) is 3.14. The number of hydrogen-bond donors (Lipinski definition) is 1. The molecule has 0 aliphatic carbocycles. The van der Waals surface area contributed by atoms with Gasteiger partial charge < -0.3 is 5.32 Å². The minimum absolute atomic E-state index is 0.0751. The summed E-state index contributed by atoms with van der Waals surface area (Å²) in [5.74, 6) is 0.869. The number of nitrogens with one attached hydrogen (secondary N) is 1. The molecule has 1 amide bonds. The summed E-state index contributed by atoms with van der Waals surface area (Å²) in [4.78, 5) is 20.0. The SMILES string of the molecule is Cc1cccc(C(C)C)c1NC(=O)CN1CCC[C@@H](c2nc3ccccc3s2)C1. The number of aryl methyl sites for hydroxylation is 1. The van der Waals surface area contributed by atoms with E-state index in [1.54, 1.807) is 11.3 Å². The van der Waals surface area contributed by atoms with E-state index in [4.69, 9.17) is 4.98 Å². The summed E-state index contributed by atoms with van der Waals surface area (Å²) >= 11 is 1.80. The summed E-state index contributed by atoms with van der Waals surface area (Å²) in [6.45, 7) is 8.70. The highest BCUT2D eigenvalue weighted by molar-refractivity contribution is 7.18. The van der Waals surface area contributed by atoms with Crippen LogP contribution < -0.4 is 5.32 Å². The van der Waals surface area contributed by atoms with Crippen molar-refractivity contribution in [2.45, 2.75) is 45.4 Å². The molecule has 4 nitrogen and oxygen atoms in total. The van der Waals surface area contributed by atoms with E-state index in [0.29, 0.717) is 18.4 Å². The molecule has 3 aromatic rings. The van der Waals surface area contributed by atoms with Crippen LogP contribution >= 0.6 is 11.3 Å². The minimum Gasteiger partial charge on any atom is -0.324 e. The number of carbonyl (C=O) groups is 1. The van der Waals surface area contributed by atoms with Crippen LogP contribution in [0.25, 0.3) is 10.2 Å². The maximum Gasteiger partial charge on any atom is 0.238 e. The van der Waals surface area contributed by atoms with Crippen molar-refractivity contribution in [3.8, 4) is 0 Å². The van der Waals surface area contributed by atoms with Crippen LogP contribution in [-0.2, 0) is 4.79 Å². The molecule has 0 bridgehead atoms. The maximum atomic E-state index is 12.8. The Balaban J connectivity index is 1.42. The standard InChI is InChI=1S/C24H29N3OS/c1-16(2)19-10-6-8-17(3)23(19)26-22(28)15-27-13-7-9-18(14-27)24-25-20-11-4-5-12-21(20)29-24/h4-6,8,10-12,16,18H,7,9,13-15H2,1-3H3,(H,26,28)/t18-/m1/s1. The highest BCUT2D eigenvalue weighted by Crippen LogP contribution is 2.33. The predicted octanol–water partition coefficient (Wildman–Crippen LogP) is 5.55.